The van der Waals surface area contributed by atoms with Crippen LogP contribution in [0.3, 0.4) is 0 Å². The molecular formula is C17H14N4O3. The number of anilines is 1. The van der Waals surface area contributed by atoms with Gasteiger partial charge >= 0.3 is 5.97 Å². The lowest BCUT2D eigenvalue weighted by atomic mass is 10.3. The number of carbonyl (C=O) groups is 2. The highest BCUT2D eigenvalue weighted by Crippen LogP contribution is 2.09. The van der Waals surface area contributed by atoms with Crippen molar-refractivity contribution in [3.63, 3.8) is 0 Å². The molecule has 0 atom stereocenters. The predicted octanol–water partition coefficient (Wildman–Crippen LogP) is 2.13. The van der Waals surface area contributed by atoms with Crippen LogP contribution in [-0.2, 0) is 9.53 Å². The van der Waals surface area contributed by atoms with E-state index in [1.807, 2.05) is 19.1 Å². The Morgan fingerprint density at radius 2 is 1.83 bits per heavy atom. The molecule has 0 saturated heterocycles. The topological polar surface area (TPSA) is 94.1 Å². The summed E-state index contributed by atoms with van der Waals surface area (Å²) in [5.41, 5.74) is 2.29. The molecule has 0 saturated carbocycles. The Hall–Kier alpha value is -3.35. The first-order chi connectivity index (χ1) is 11.6. The summed E-state index contributed by atoms with van der Waals surface area (Å²) in [5, 5.41) is 2.54. The molecule has 0 aliphatic heterocycles. The molecule has 0 bridgehead atoms. The van der Waals surface area contributed by atoms with Gasteiger partial charge in [-0.1, -0.05) is 18.2 Å². The highest BCUT2D eigenvalue weighted by molar-refractivity contribution is 5.94. The third-order valence-electron chi connectivity index (χ3n) is 3.17. The number of benzene rings is 1. The van der Waals surface area contributed by atoms with Crippen molar-refractivity contribution in [2.75, 3.05) is 11.9 Å². The molecule has 2 aromatic heterocycles. The molecule has 0 unspecified atom stereocenters. The zero-order chi connectivity index (χ0) is 16.9. The number of amides is 1. The molecule has 0 spiro atoms. The quantitative estimate of drug-likeness (QED) is 0.740. The van der Waals surface area contributed by atoms with Gasteiger partial charge < -0.3 is 10.1 Å². The maximum atomic E-state index is 12.0. The van der Waals surface area contributed by atoms with Gasteiger partial charge in [-0.25, -0.2) is 14.8 Å². The minimum Gasteiger partial charge on any atom is -0.451 e. The van der Waals surface area contributed by atoms with E-state index in [0.717, 1.165) is 5.56 Å². The summed E-state index contributed by atoms with van der Waals surface area (Å²) in [6, 6.07) is 10.7. The van der Waals surface area contributed by atoms with E-state index in [0.29, 0.717) is 16.9 Å². The fourth-order valence-corrected chi connectivity index (χ4v) is 1.98. The molecule has 7 heteroatoms. The molecule has 0 aliphatic carbocycles. The number of aromatic nitrogens is 3. The zero-order valence-electron chi connectivity index (χ0n) is 12.9. The molecule has 7 nitrogen and oxygen atoms in total. The van der Waals surface area contributed by atoms with Gasteiger partial charge in [-0.2, -0.15) is 0 Å². The van der Waals surface area contributed by atoms with Gasteiger partial charge in [0.1, 0.15) is 5.82 Å². The molecule has 0 fully saturated rings. The summed E-state index contributed by atoms with van der Waals surface area (Å²) in [7, 11) is 0. The molecule has 0 aliphatic rings. The number of ether oxygens (including phenoxy) is 1. The first kappa shape index (κ1) is 15.5. The average Bonchev–Trinajstić information content (AvgIpc) is 2.61. The Morgan fingerprint density at radius 1 is 1.04 bits per heavy atom. The molecular weight excluding hydrogens is 308 g/mol. The smallest absolute Gasteiger partial charge is 0.359 e. The molecule has 1 aromatic carbocycles. The van der Waals surface area contributed by atoms with Crippen LogP contribution in [0.2, 0.25) is 0 Å². The lowest BCUT2D eigenvalue weighted by Gasteiger charge is -2.06. The van der Waals surface area contributed by atoms with Crippen LogP contribution in [0.1, 0.15) is 16.1 Å². The minimum atomic E-state index is -0.708. The van der Waals surface area contributed by atoms with Gasteiger partial charge in [-0.15, -0.1) is 0 Å². The number of para-hydroxylation sites is 2. The van der Waals surface area contributed by atoms with Crippen molar-refractivity contribution < 1.29 is 14.3 Å². The zero-order valence-corrected chi connectivity index (χ0v) is 12.9. The second-order valence-corrected chi connectivity index (χ2v) is 5.09. The maximum Gasteiger partial charge on any atom is 0.359 e. The van der Waals surface area contributed by atoms with Crippen LogP contribution in [0, 0.1) is 6.92 Å². The number of fused-ring (bicyclic) bond motifs is 1. The van der Waals surface area contributed by atoms with E-state index in [-0.39, 0.29) is 5.69 Å². The molecule has 120 valence electrons. The number of rotatable bonds is 4. The number of hydrogen-bond acceptors (Lipinski definition) is 6. The van der Waals surface area contributed by atoms with Crippen LogP contribution in [0.5, 0.6) is 0 Å². The van der Waals surface area contributed by atoms with E-state index in [1.165, 1.54) is 6.20 Å². The number of nitrogens with zero attached hydrogens (tertiary/aromatic N) is 3. The van der Waals surface area contributed by atoms with E-state index in [2.05, 4.69) is 20.3 Å². The van der Waals surface area contributed by atoms with E-state index >= 15 is 0 Å². The summed E-state index contributed by atoms with van der Waals surface area (Å²) < 4.78 is 4.95. The van der Waals surface area contributed by atoms with Crippen molar-refractivity contribution in [2.45, 2.75) is 6.92 Å². The second-order valence-electron chi connectivity index (χ2n) is 5.09. The number of pyridine rings is 1. The fourth-order valence-electron chi connectivity index (χ4n) is 1.98. The van der Waals surface area contributed by atoms with E-state index in [9.17, 15) is 9.59 Å². The van der Waals surface area contributed by atoms with Gasteiger partial charge in [-0.3, -0.25) is 9.78 Å². The first-order valence-electron chi connectivity index (χ1n) is 7.23. The summed E-state index contributed by atoms with van der Waals surface area (Å²) in [5.74, 6) is -0.791. The third-order valence-corrected chi connectivity index (χ3v) is 3.17. The van der Waals surface area contributed by atoms with Gasteiger partial charge in [0.15, 0.2) is 12.3 Å². The van der Waals surface area contributed by atoms with Gasteiger partial charge in [0, 0.05) is 6.20 Å². The number of nitrogens with one attached hydrogen (secondary N) is 1. The highest BCUT2D eigenvalue weighted by Gasteiger charge is 2.13. The van der Waals surface area contributed by atoms with Crippen molar-refractivity contribution in [1.82, 2.24) is 15.0 Å². The number of hydrogen-bond donors (Lipinski definition) is 1. The molecule has 2 heterocycles. The Bertz CT molecular complexity index is 894. The second kappa shape index (κ2) is 6.82. The van der Waals surface area contributed by atoms with Crippen LogP contribution < -0.4 is 5.32 Å². The molecule has 3 rings (SSSR count). The monoisotopic (exact) mass is 322 g/mol. The molecule has 24 heavy (non-hydrogen) atoms. The van der Waals surface area contributed by atoms with Crippen molar-refractivity contribution in [3.8, 4) is 0 Å². The highest BCUT2D eigenvalue weighted by atomic mass is 16.5. The van der Waals surface area contributed by atoms with Crippen LogP contribution in [0.15, 0.2) is 48.8 Å². The fraction of sp³-hybridized carbons (Fsp3) is 0.118. The largest absolute Gasteiger partial charge is 0.451 e. The van der Waals surface area contributed by atoms with Crippen molar-refractivity contribution >= 4 is 28.7 Å². The maximum absolute atomic E-state index is 12.0. The molecule has 0 radical (unpaired) electrons. The van der Waals surface area contributed by atoms with Gasteiger partial charge in [0.05, 0.1) is 17.2 Å². The number of aryl methyl sites for hydroxylation is 1. The van der Waals surface area contributed by atoms with Gasteiger partial charge in [0.2, 0.25) is 0 Å². The predicted molar refractivity (Wildman–Crippen MR) is 87.4 cm³/mol. The van der Waals surface area contributed by atoms with Gasteiger partial charge in [-0.05, 0) is 30.7 Å². The average molecular weight is 322 g/mol. The number of carbonyl (C=O) groups excluding carboxylic acids is 2. The van der Waals surface area contributed by atoms with E-state index in [1.54, 1.807) is 30.5 Å². The lowest BCUT2D eigenvalue weighted by molar-refractivity contribution is -0.119. The lowest BCUT2D eigenvalue weighted by Crippen LogP contribution is -2.21. The SMILES string of the molecule is Cc1ccc(NC(=O)COC(=O)c2cnc3ccccc3n2)nc1. The first-order valence-corrected chi connectivity index (χ1v) is 7.23. The third kappa shape index (κ3) is 3.70. The Morgan fingerprint density at radius 3 is 2.58 bits per heavy atom. The van der Waals surface area contributed by atoms with Crippen molar-refractivity contribution in [2.24, 2.45) is 0 Å². The van der Waals surface area contributed by atoms with E-state index < -0.39 is 18.5 Å². The Balaban J connectivity index is 1.59. The minimum absolute atomic E-state index is 0.0509. The van der Waals surface area contributed by atoms with Crippen LogP contribution in [0.4, 0.5) is 5.82 Å². The summed E-state index contributed by atoms with van der Waals surface area (Å²) >= 11 is 0. The summed E-state index contributed by atoms with van der Waals surface area (Å²) in [4.78, 5) is 36.1. The molecule has 3 aromatic rings. The van der Waals surface area contributed by atoms with Crippen molar-refractivity contribution in [1.29, 1.82) is 0 Å². The van der Waals surface area contributed by atoms with Crippen molar-refractivity contribution in [3.05, 3.63) is 60.0 Å². The number of esters is 1. The Labute approximate surface area is 137 Å². The Kier molecular flexibility index (Phi) is 4.42. The van der Waals surface area contributed by atoms with Crippen LogP contribution >= 0.6 is 0 Å². The molecule has 1 N–H and O–H groups in total. The van der Waals surface area contributed by atoms with Crippen LogP contribution in [0.25, 0.3) is 11.0 Å². The standard InChI is InChI=1S/C17H14N4O3/c1-11-6-7-15(19-8-11)21-16(22)10-24-17(23)14-9-18-12-4-2-3-5-13(12)20-14/h2-9H,10H2,1H3,(H,19,21,22). The van der Waals surface area contributed by atoms with E-state index in [4.69, 9.17) is 4.74 Å². The summed E-state index contributed by atoms with van der Waals surface area (Å²) in [6.07, 6.45) is 2.95. The van der Waals surface area contributed by atoms with Gasteiger partial charge in [0.25, 0.3) is 5.91 Å². The molecule has 1 amide bonds. The summed E-state index contributed by atoms with van der Waals surface area (Å²) in [6.45, 7) is 1.47. The van der Waals surface area contributed by atoms with Crippen LogP contribution in [-0.4, -0.2) is 33.4 Å². The normalized spacial score (nSPS) is 10.4.